The highest BCUT2D eigenvalue weighted by molar-refractivity contribution is 8.03. The minimum Gasteiger partial charge on any atom is -0.398 e. The number of hydrogen-bond donors (Lipinski definition) is 1. The summed E-state index contributed by atoms with van der Waals surface area (Å²) in [5.74, 6) is 0.716. The van der Waals surface area contributed by atoms with E-state index in [0.717, 1.165) is 57.4 Å². The molecule has 37 heavy (non-hydrogen) atoms. The second-order valence-electron chi connectivity index (χ2n) is 8.73. The van der Waals surface area contributed by atoms with Crippen LogP contribution < -0.4 is 9.47 Å². The first-order valence-corrected chi connectivity index (χ1v) is 14.5. The van der Waals surface area contributed by atoms with Gasteiger partial charge in [-0.2, -0.15) is 8.78 Å². The molecule has 2 heterocycles. The summed E-state index contributed by atoms with van der Waals surface area (Å²) >= 11 is 5.77. The van der Waals surface area contributed by atoms with Crippen LogP contribution >= 0.6 is 23.4 Å². The highest BCUT2D eigenvalue weighted by Gasteiger charge is 2.29. The predicted molar refractivity (Wildman–Crippen MR) is 151 cm³/mol. The highest BCUT2D eigenvalue weighted by Crippen LogP contribution is 2.47. The number of anilines is 1. The van der Waals surface area contributed by atoms with Crippen LogP contribution in [0.4, 0.5) is 5.69 Å². The van der Waals surface area contributed by atoms with E-state index < -0.39 is 11.4 Å². The number of aryl methyl sites for hydroxylation is 1. The molecule has 9 heteroatoms. The lowest BCUT2D eigenvalue weighted by Gasteiger charge is -2.19. The monoisotopic (exact) mass is 555 g/mol. The van der Waals surface area contributed by atoms with E-state index in [0.29, 0.717) is 18.9 Å². The van der Waals surface area contributed by atoms with Gasteiger partial charge in [-0.25, -0.2) is 0 Å². The van der Waals surface area contributed by atoms with Crippen LogP contribution in [0.3, 0.4) is 0 Å². The molecular formula is C28H28ClN2O4S2+. The molecule has 5 rings (SSSR count). The Labute approximate surface area is 228 Å². The van der Waals surface area contributed by atoms with Crippen LogP contribution in [-0.4, -0.2) is 21.9 Å². The summed E-state index contributed by atoms with van der Waals surface area (Å²) in [7, 11) is 0. The van der Waals surface area contributed by atoms with Crippen molar-refractivity contribution in [1.82, 2.24) is 0 Å². The van der Waals surface area contributed by atoms with Crippen molar-refractivity contribution >= 4 is 57.6 Å². The fourth-order valence-electron chi connectivity index (χ4n) is 4.44. The summed E-state index contributed by atoms with van der Waals surface area (Å²) in [5.41, 5.74) is 5.07. The van der Waals surface area contributed by atoms with Crippen molar-refractivity contribution < 1.29 is 21.9 Å². The number of oxazole rings is 1. The lowest BCUT2D eigenvalue weighted by molar-refractivity contribution is -0.678. The fourth-order valence-corrected chi connectivity index (χ4v) is 5.96. The number of fused-ring (bicyclic) bond motifs is 2. The lowest BCUT2D eigenvalue weighted by Crippen LogP contribution is -2.36. The van der Waals surface area contributed by atoms with Crippen LogP contribution in [0.25, 0.3) is 28.3 Å². The number of rotatable bonds is 10. The van der Waals surface area contributed by atoms with Crippen molar-refractivity contribution in [1.29, 1.82) is 0 Å². The fraction of sp³-hybridized carbons (Fsp3) is 0.250. The van der Waals surface area contributed by atoms with Crippen molar-refractivity contribution in [3.63, 3.8) is 0 Å². The van der Waals surface area contributed by atoms with Gasteiger partial charge in [0, 0.05) is 29.0 Å². The van der Waals surface area contributed by atoms with Gasteiger partial charge in [0.15, 0.2) is 6.54 Å². The SMILES string of the molecule is CCCCN1C(=Cc2oc3ccc(-c4ccccc4)cc3[n+]2CCCOS(=O)O)Sc2ccc(Cl)cc21. The molecule has 6 nitrogen and oxygen atoms in total. The first kappa shape index (κ1) is 26.0. The Morgan fingerprint density at radius 1 is 1.11 bits per heavy atom. The van der Waals surface area contributed by atoms with E-state index in [-0.39, 0.29) is 6.61 Å². The van der Waals surface area contributed by atoms with Crippen LogP contribution in [0.2, 0.25) is 5.02 Å². The van der Waals surface area contributed by atoms with E-state index in [1.807, 2.05) is 36.4 Å². The Bertz CT molecular complexity index is 1460. The van der Waals surface area contributed by atoms with Crippen molar-refractivity contribution in [3.05, 3.63) is 82.7 Å². The van der Waals surface area contributed by atoms with Crippen LogP contribution in [0.5, 0.6) is 0 Å². The van der Waals surface area contributed by atoms with Crippen molar-refractivity contribution in [2.75, 3.05) is 18.1 Å². The molecule has 0 spiro atoms. The smallest absolute Gasteiger partial charge is 0.376 e. The largest absolute Gasteiger partial charge is 0.398 e. The van der Waals surface area contributed by atoms with Crippen LogP contribution in [0.1, 0.15) is 32.1 Å². The second-order valence-corrected chi connectivity index (χ2v) is 10.9. The zero-order valence-corrected chi connectivity index (χ0v) is 22.8. The third-order valence-corrected chi connectivity index (χ3v) is 7.94. The molecule has 1 unspecified atom stereocenters. The summed E-state index contributed by atoms with van der Waals surface area (Å²) in [4.78, 5) is 3.47. The van der Waals surface area contributed by atoms with E-state index >= 15 is 0 Å². The number of hydrogen-bond acceptors (Lipinski definition) is 5. The average Bonchev–Trinajstić information content (AvgIpc) is 3.42. The Hall–Kier alpha value is -2.62. The lowest BCUT2D eigenvalue weighted by atomic mass is 10.1. The Kier molecular flexibility index (Phi) is 8.32. The molecule has 4 aromatic rings. The summed E-state index contributed by atoms with van der Waals surface area (Å²) in [6, 6.07) is 22.4. The number of aromatic nitrogens is 1. The molecule has 192 valence electrons. The molecule has 0 radical (unpaired) electrons. The molecule has 0 fully saturated rings. The third kappa shape index (κ3) is 5.94. The first-order chi connectivity index (χ1) is 18.0. The van der Waals surface area contributed by atoms with Crippen molar-refractivity contribution in [2.45, 2.75) is 37.6 Å². The molecule has 1 aromatic heterocycles. The summed E-state index contributed by atoms with van der Waals surface area (Å²) in [5, 5.41) is 1.80. The molecule has 0 bridgehead atoms. The number of unbranched alkanes of at least 4 members (excludes halogenated alkanes) is 1. The van der Waals surface area contributed by atoms with Gasteiger partial charge in [-0.3, -0.25) is 8.74 Å². The maximum Gasteiger partial charge on any atom is 0.376 e. The second kappa shape index (κ2) is 11.8. The molecule has 1 aliphatic heterocycles. The van der Waals surface area contributed by atoms with Gasteiger partial charge < -0.3 is 9.32 Å². The van der Waals surface area contributed by atoms with Gasteiger partial charge in [0.1, 0.15) is 0 Å². The minimum absolute atomic E-state index is 0.165. The normalized spacial score (nSPS) is 15.0. The zero-order chi connectivity index (χ0) is 25.8. The van der Waals surface area contributed by atoms with E-state index in [1.54, 1.807) is 11.8 Å². The molecule has 1 atom stereocenters. The summed E-state index contributed by atoms with van der Waals surface area (Å²) in [6.07, 6.45) is 4.78. The first-order valence-electron chi connectivity index (χ1n) is 12.3. The maximum absolute atomic E-state index is 11.0. The number of halogens is 1. The highest BCUT2D eigenvalue weighted by atomic mass is 35.5. The van der Waals surface area contributed by atoms with Crippen LogP contribution in [-0.2, 0) is 22.1 Å². The zero-order valence-electron chi connectivity index (χ0n) is 20.4. The maximum atomic E-state index is 11.0. The predicted octanol–water partition coefficient (Wildman–Crippen LogP) is 7.29. The number of benzene rings is 3. The summed E-state index contributed by atoms with van der Waals surface area (Å²) < 4.78 is 33.3. The van der Waals surface area contributed by atoms with Gasteiger partial charge >= 0.3 is 17.3 Å². The van der Waals surface area contributed by atoms with Gasteiger partial charge in [-0.15, -0.1) is 0 Å². The standard InChI is InChI=1S/C28H27ClN2O4S2/c1-2-3-14-31-24-18-22(29)11-13-26(24)36-28(31)19-27-30(15-7-16-34-37(32)33)23-17-21(10-12-25(23)35-27)20-8-5-4-6-9-20/h4-6,8-13,17-19H,2-3,7,14-16H2,1H3/p+1. The molecule has 3 aromatic carbocycles. The molecule has 1 aliphatic rings. The number of nitrogens with zero attached hydrogens (tertiary/aromatic N) is 2. The van der Waals surface area contributed by atoms with Crippen LogP contribution in [0.15, 0.2) is 81.1 Å². The molecule has 0 saturated carbocycles. The minimum atomic E-state index is -2.28. The topological polar surface area (TPSA) is 66.8 Å². The summed E-state index contributed by atoms with van der Waals surface area (Å²) in [6.45, 7) is 3.81. The average molecular weight is 556 g/mol. The van der Waals surface area contributed by atoms with Gasteiger partial charge in [-0.05, 0) is 41.8 Å². The Morgan fingerprint density at radius 3 is 2.73 bits per heavy atom. The van der Waals surface area contributed by atoms with E-state index in [9.17, 15) is 4.21 Å². The van der Waals surface area contributed by atoms with Gasteiger partial charge in [-0.1, -0.05) is 73.1 Å². The molecule has 0 amide bonds. The van der Waals surface area contributed by atoms with E-state index in [1.165, 1.54) is 4.90 Å². The van der Waals surface area contributed by atoms with Gasteiger partial charge in [0.05, 0.1) is 23.4 Å². The number of thioether (sulfide) groups is 1. The van der Waals surface area contributed by atoms with E-state index in [2.05, 4.69) is 52.8 Å². The van der Waals surface area contributed by atoms with Gasteiger partial charge in [0.25, 0.3) is 5.52 Å². The van der Waals surface area contributed by atoms with Gasteiger partial charge in [0.2, 0.25) is 5.58 Å². The molecular weight excluding hydrogens is 528 g/mol. The Balaban J connectivity index is 1.56. The van der Waals surface area contributed by atoms with E-state index in [4.69, 9.17) is 24.8 Å². The molecule has 1 N–H and O–H groups in total. The van der Waals surface area contributed by atoms with Crippen LogP contribution in [0, 0.1) is 0 Å². The quantitative estimate of drug-likeness (QED) is 0.126. The van der Waals surface area contributed by atoms with Crippen molar-refractivity contribution in [2.24, 2.45) is 0 Å². The van der Waals surface area contributed by atoms with Crippen molar-refractivity contribution in [3.8, 4) is 11.1 Å². The Morgan fingerprint density at radius 2 is 1.95 bits per heavy atom. The third-order valence-electron chi connectivity index (χ3n) is 6.22. The molecule has 0 saturated heterocycles. The molecule has 0 aliphatic carbocycles.